The first-order valence-electron chi connectivity index (χ1n) is 7.28. The molecule has 4 heteroatoms. The summed E-state index contributed by atoms with van der Waals surface area (Å²) >= 11 is 0. The molecule has 1 N–H and O–H groups in total. The van der Waals surface area contributed by atoms with Gasteiger partial charge in [0, 0.05) is 19.3 Å². The van der Waals surface area contributed by atoms with Gasteiger partial charge in [-0.1, -0.05) is 20.8 Å². The maximum Gasteiger partial charge on any atom is 0.0728 e. The normalized spacial score (nSPS) is 26.3. The minimum Gasteiger partial charge on any atom is -0.383 e. The second-order valence-electron chi connectivity index (χ2n) is 6.62. The molecular formula is C15H27N3O. The standard InChI is InChI=1S/C15H27N3O/c1-12-9-15(2,3)6-5-14(12)17-13-10-16-18(11-13)7-8-19-4/h10-12,14,17H,5-9H2,1-4H3. The second-order valence-corrected chi connectivity index (χ2v) is 6.62. The molecule has 0 saturated heterocycles. The molecule has 4 nitrogen and oxygen atoms in total. The second kappa shape index (κ2) is 5.95. The Morgan fingerprint density at radius 1 is 1.53 bits per heavy atom. The first-order valence-corrected chi connectivity index (χ1v) is 7.28. The molecule has 1 heterocycles. The summed E-state index contributed by atoms with van der Waals surface area (Å²) < 4.78 is 7.00. The molecule has 0 amide bonds. The number of nitrogens with zero attached hydrogens (tertiary/aromatic N) is 2. The van der Waals surface area contributed by atoms with E-state index in [1.165, 1.54) is 19.3 Å². The Labute approximate surface area is 116 Å². The van der Waals surface area contributed by atoms with E-state index >= 15 is 0 Å². The van der Waals surface area contributed by atoms with Gasteiger partial charge in [0.15, 0.2) is 0 Å². The first-order chi connectivity index (χ1) is 9.00. The molecule has 1 aromatic heterocycles. The van der Waals surface area contributed by atoms with E-state index in [0.29, 0.717) is 24.0 Å². The number of nitrogens with one attached hydrogen (secondary N) is 1. The van der Waals surface area contributed by atoms with E-state index in [0.717, 1.165) is 12.2 Å². The smallest absolute Gasteiger partial charge is 0.0728 e. The fourth-order valence-electron chi connectivity index (χ4n) is 3.12. The molecule has 2 rings (SSSR count). The summed E-state index contributed by atoms with van der Waals surface area (Å²) in [6.07, 6.45) is 7.83. The van der Waals surface area contributed by atoms with Gasteiger partial charge in [0.25, 0.3) is 0 Å². The van der Waals surface area contributed by atoms with Crippen LogP contribution in [0.1, 0.15) is 40.0 Å². The number of anilines is 1. The topological polar surface area (TPSA) is 39.1 Å². The third kappa shape index (κ3) is 3.96. The zero-order chi connectivity index (χ0) is 13.9. The minimum atomic E-state index is 0.500. The summed E-state index contributed by atoms with van der Waals surface area (Å²) in [7, 11) is 1.72. The van der Waals surface area contributed by atoms with Crippen LogP contribution in [0.5, 0.6) is 0 Å². The van der Waals surface area contributed by atoms with Crippen LogP contribution in [0.3, 0.4) is 0 Å². The maximum atomic E-state index is 5.06. The van der Waals surface area contributed by atoms with Gasteiger partial charge < -0.3 is 10.1 Å². The van der Waals surface area contributed by atoms with Crippen molar-refractivity contribution < 1.29 is 4.74 Å². The van der Waals surface area contributed by atoms with Gasteiger partial charge in [-0.15, -0.1) is 0 Å². The van der Waals surface area contributed by atoms with Crippen LogP contribution in [0.4, 0.5) is 5.69 Å². The third-order valence-corrected chi connectivity index (χ3v) is 4.20. The van der Waals surface area contributed by atoms with E-state index in [4.69, 9.17) is 4.74 Å². The molecule has 1 aliphatic rings. The van der Waals surface area contributed by atoms with Crippen LogP contribution in [-0.2, 0) is 11.3 Å². The van der Waals surface area contributed by atoms with Crippen LogP contribution in [0.25, 0.3) is 0 Å². The van der Waals surface area contributed by atoms with Gasteiger partial charge in [-0.2, -0.15) is 5.10 Å². The van der Waals surface area contributed by atoms with Gasteiger partial charge in [-0.3, -0.25) is 4.68 Å². The Morgan fingerprint density at radius 2 is 2.32 bits per heavy atom. The highest BCUT2D eigenvalue weighted by Gasteiger charge is 2.32. The lowest BCUT2D eigenvalue weighted by Gasteiger charge is -2.39. The van der Waals surface area contributed by atoms with Gasteiger partial charge in [-0.05, 0) is 30.6 Å². The molecule has 19 heavy (non-hydrogen) atoms. The molecule has 1 fully saturated rings. The highest BCUT2D eigenvalue weighted by Crippen LogP contribution is 2.39. The monoisotopic (exact) mass is 265 g/mol. The fraction of sp³-hybridized carbons (Fsp3) is 0.800. The van der Waals surface area contributed by atoms with Crippen molar-refractivity contribution in [2.24, 2.45) is 11.3 Å². The predicted molar refractivity (Wildman–Crippen MR) is 78.3 cm³/mol. The summed E-state index contributed by atoms with van der Waals surface area (Å²) in [5.74, 6) is 0.714. The predicted octanol–water partition coefficient (Wildman–Crippen LogP) is 3.16. The van der Waals surface area contributed by atoms with E-state index in [1.54, 1.807) is 7.11 Å². The Bertz CT molecular complexity index is 400. The molecular weight excluding hydrogens is 238 g/mol. The largest absolute Gasteiger partial charge is 0.383 e. The van der Waals surface area contributed by atoms with E-state index in [2.05, 4.69) is 37.4 Å². The SMILES string of the molecule is COCCn1cc(NC2CCC(C)(C)CC2C)cn1. The van der Waals surface area contributed by atoms with Crippen LogP contribution in [0.2, 0.25) is 0 Å². The Balaban J connectivity index is 1.89. The van der Waals surface area contributed by atoms with Crippen molar-refractivity contribution in [3.8, 4) is 0 Å². The molecule has 108 valence electrons. The molecule has 0 aliphatic heterocycles. The number of methoxy groups -OCH3 is 1. The van der Waals surface area contributed by atoms with Crippen LogP contribution >= 0.6 is 0 Å². The number of ether oxygens (including phenoxy) is 1. The number of hydrogen-bond acceptors (Lipinski definition) is 3. The summed E-state index contributed by atoms with van der Waals surface area (Å²) in [4.78, 5) is 0. The highest BCUT2D eigenvalue weighted by atomic mass is 16.5. The minimum absolute atomic E-state index is 0.500. The van der Waals surface area contributed by atoms with Crippen molar-refractivity contribution in [1.82, 2.24) is 9.78 Å². The van der Waals surface area contributed by atoms with Crippen LogP contribution in [-0.4, -0.2) is 29.5 Å². The molecule has 2 unspecified atom stereocenters. The van der Waals surface area contributed by atoms with Gasteiger partial charge in [0.05, 0.1) is 25.0 Å². The number of hydrogen-bond donors (Lipinski definition) is 1. The van der Waals surface area contributed by atoms with E-state index in [9.17, 15) is 0 Å². The van der Waals surface area contributed by atoms with Crippen molar-refractivity contribution in [2.45, 2.75) is 52.6 Å². The molecule has 1 aliphatic carbocycles. The van der Waals surface area contributed by atoms with E-state index in [1.807, 2.05) is 10.9 Å². The Hall–Kier alpha value is -1.03. The molecule has 1 saturated carbocycles. The highest BCUT2D eigenvalue weighted by molar-refractivity contribution is 5.39. The van der Waals surface area contributed by atoms with Crippen molar-refractivity contribution in [3.05, 3.63) is 12.4 Å². The molecule has 1 aromatic rings. The lowest BCUT2D eigenvalue weighted by molar-refractivity contribution is 0.177. The summed E-state index contributed by atoms with van der Waals surface area (Å²) in [5.41, 5.74) is 1.63. The van der Waals surface area contributed by atoms with Gasteiger partial charge in [0.2, 0.25) is 0 Å². The van der Waals surface area contributed by atoms with Gasteiger partial charge >= 0.3 is 0 Å². The van der Waals surface area contributed by atoms with Crippen molar-refractivity contribution in [2.75, 3.05) is 19.0 Å². The molecule has 2 atom stereocenters. The average Bonchev–Trinajstić information content (AvgIpc) is 2.77. The quantitative estimate of drug-likeness (QED) is 0.889. The summed E-state index contributed by atoms with van der Waals surface area (Å²) in [5, 5.41) is 7.99. The Morgan fingerprint density at radius 3 is 3.00 bits per heavy atom. The van der Waals surface area contributed by atoms with Gasteiger partial charge in [-0.25, -0.2) is 0 Å². The van der Waals surface area contributed by atoms with Gasteiger partial charge in [0.1, 0.15) is 0 Å². The molecule has 0 spiro atoms. The Kier molecular flexibility index (Phi) is 4.50. The van der Waals surface area contributed by atoms with Crippen molar-refractivity contribution in [1.29, 1.82) is 0 Å². The van der Waals surface area contributed by atoms with Crippen LogP contribution in [0.15, 0.2) is 12.4 Å². The fourth-order valence-corrected chi connectivity index (χ4v) is 3.12. The first kappa shape index (κ1) is 14.4. The number of aromatic nitrogens is 2. The van der Waals surface area contributed by atoms with Crippen LogP contribution in [0, 0.1) is 11.3 Å². The maximum absolute atomic E-state index is 5.06. The zero-order valence-electron chi connectivity index (χ0n) is 12.6. The molecule has 0 bridgehead atoms. The summed E-state index contributed by atoms with van der Waals surface area (Å²) in [6.45, 7) is 8.62. The summed E-state index contributed by atoms with van der Waals surface area (Å²) in [6, 6.07) is 0.577. The number of rotatable bonds is 5. The van der Waals surface area contributed by atoms with Crippen molar-refractivity contribution >= 4 is 5.69 Å². The lowest BCUT2D eigenvalue weighted by atomic mass is 9.70. The molecule has 0 radical (unpaired) electrons. The van der Waals surface area contributed by atoms with Crippen LogP contribution < -0.4 is 5.32 Å². The van der Waals surface area contributed by atoms with E-state index < -0.39 is 0 Å². The van der Waals surface area contributed by atoms with E-state index in [-0.39, 0.29) is 0 Å². The molecule has 0 aromatic carbocycles. The van der Waals surface area contributed by atoms with Crippen molar-refractivity contribution in [3.63, 3.8) is 0 Å². The lowest BCUT2D eigenvalue weighted by Crippen LogP contribution is -2.36. The third-order valence-electron chi connectivity index (χ3n) is 4.20. The zero-order valence-corrected chi connectivity index (χ0v) is 12.6. The average molecular weight is 265 g/mol.